The smallest absolute Gasteiger partial charge is 0.275 e. The molecule has 0 N–H and O–H groups in total. The fraction of sp³-hybridized carbons (Fsp3) is 0.333. The molecule has 1 unspecified atom stereocenters. The van der Waals surface area contributed by atoms with E-state index in [1.54, 1.807) is 18.3 Å². The number of hydrogen-bond acceptors (Lipinski definition) is 5. The van der Waals surface area contributed by atoms with Crippen molar-refractivity contribution in [2.45, 2.75) is 31.5 Å². The van der Waals surface area contributed by atoms with Gasteiger partial charge in [-0.25, -0.2) is 4.98 Å². The van der Waals surface area contributed by atoms with Gasteiger partial charge >= 0.3 is 0 Å². The number of hydrogen-bond donors (Lipinski definition) is 0. The molecule has 0 spiro atoms. The molecule has 3 heterocycles. The van der Waals surface area contributed by atoms with Gasteiger partial charge in [-0.15, -0.1) is 5.10 Å². The fourth-order valence-corrected chi connectivity index (χ4v) is 3.13. The van der Waals surface area contributed by atoms with Crippen LogP contribution in [0.25, 0.3) is 5.78 Å². The molecular formula is C15H16ClN5OS. The van der Waals surface area contributed by atoms with Crippen LogP contribution in [0.4, 0.5) is 0 Å². The van der Waals surface area contributed by atoms with E-state index >= 15 is 0 Å². The molecule has 0 amide bonds. The Balaban J connectivity index is 2.26. The largest absolute Gasteiger partial charge is 0.307 e. The van der Waals surface area contributed by atoms with Crippen molar-refractivity contribution >= 4 is 29.1 Å². The van der Waals surface area contributed by atoms with Crippen molar-refractivity contribution in [3.05, 3.63) is 51.2 Å². The highest BCUT2D eigenvalue weighted by Crippen LogP contribution is 2.25. The Morgan fingerprint density at radius 1 is 1.39 bits per heavy atom. The normalized spacial score (nSPS) is 12.7. The summed E-state index contributed by atoms with van der Waals surface area (Å²) in [5, 5.41) is 5.29. The molecule has 0 saturated heterocycles. The van der Waals surface area contributed by atoms with Gasteiger partial charge in [-0.3, -0.25) is 4.79 Å². The lowest BCUT2D eigenvalue weighted by Gasteiger charge is -2.22. The number of halogens is 1. The minimum Gasteiger partial charge on any atom is -0.307 e. The van der Waals surface area contributed by atoms with Crippen LogP contribution >= 0.6 is 23.4 Å². The van der Waals surface area contributed by atoms with E-state index in [2.05, 4.69) is 22.0 Å². The Hall–Kier alpha value is -1.86. The molecule has 0 bridgehead atoms. The van der Waals surface area contributed by atoms with Gasteiger partial charge in [0.05, 0.1) is 6.04 Å². The standard InChI is InChI=1S/C15H16ClN5OS/c1-4-11(10-5-6-12(16)17-8-10)20-9(2)7-13(22)21-15(20)18-14(19-21)23-3/h5-8,11H,4H2,1-3H3. The van der Waals surface area contributed by atoms with Gasteiger partial charge in [-0.05, 0) is 31.2 Å². The van der Waals surface area contributed by atoms with Crippen LogP contribution in [0.3, 0.4) is 0 Å². The third-order valence-corrected chi connectivity index (χ3v) is 4.48. The summed E-state index contributed by atoms with van der Waals surface area (Å²) in [7, 11) is 0. The molecule has 0 saturated carbocycles. The van der Waals surface area contributed by atoms with Crippen molar-refractivity contribution in [1.82, 2.24) is 24.1 Å². The SMILES string of the molecule is CCC(c1ccc(Cl)nc1)n1c(C)cc(=O)n2nc(SC)nc12. The quantitative estimate of drug-likeness (QED) is 0.535. The maximum absolute atomic E-state index is 12.2. The number of pyridine rings is 1. The lowest BCUT2D eigenvalue weighted by atomic mass is 10.1. The van der Waals surface area contributed by atoms with Crippen LogP contribution in [0.15, 0.2) is 34.3 Å². The third-order valence-electron chi connectivity index (χ3n) is 3.72. The summed E-state index contributed by atoms with van der Waals surface area (Å²) in [6.07, 6.45) is 4.47. The molecule has 3 aromatic rings. The Kier molecular flexibility index (Phi) is 4.41. The zero-order valence-corrected chi connectivity index (χ0v) is 14.6. The van der Waals surface area contributed by atoms with Crippen molar-refractivity contribution in [1.29, 1.82) is 0 Å². The first-order valence-electron chi connectivity index (χ1n) is 7.19. The Labute approximate surface area is 142 Å². The summed E-state index contributed by atoms with van der Waals surface area (Å²) in [5.74, 6) is 0.543. The Morgan fingerprint density at radius 2 is 2.17 bits per heavy atom. The molecule has 0 fully saturated rings. The first kappa shape index (κ1) is 16.0. The molecule has 23 heavy (non-hydrogen) atoms. The van der Waals surface area contributed by atoms with E-state index in [1.807, 2.05) is 23.8 Å². The molecule has 6 nitrogen and oxygen atoms in total. The third kappa shape index (κ3) is 2.86. The minimum absolute atomic E-state index is 0.00164. The van der Waals surface area contributed by atoms with E-state index in [-0.39, 0.29) is 11.6 Å². The molecule has 0 aliphatic rings. The van der Waals surface area contributed by atoms with Crippen molar-refractivity contribution in [2.24, 2.45) is 0 Å². The molecule has 1 atom stereocenters. The Morgan fingerprint density at radius 3 is 2.78 bits per heavy atom. The van der Waals surface area contributed by atoms with Gasteiger partial charge in [0.1, 0.15) is 5.15 Å². The number of fused-ring (bicyclic) bond motifs is 1. The van der Waals surface area contributed by atoms with Gasteiger partial charge in [0, 0.05) is 18.0 Å². The zero-order valence-electron chi connectivity index (χ0n) is 13.0. The molecule has 3 aromatic heterocycles. The van der Waals surface area contributed by atoms with Crippen molar-refractivity contribution in [2.75, 3.05) is 6.26 Å². The number of aryl methyl sites for hydroxylation is 1. The molecular weight excluding hydrogens is 334 g/mol. The molecule has 0 aromatic carbocycles. The predicted octanol–water partition coefficient (Wildman–Crippen LogP) is 2.97. The topological polar surface area (TPSA) is 65.1 Å². The average molecular weight is 350 g/mol. The second-order valence-electron chi connectivity index (χ2n) is 5.14. The van der Waals surface area contributed by atoms with Gasteiger partial charge in [0.15, 0.2) is 0 Å². The molecule has 0 radical (unpaired) electrons. The summed E-state index contributed by atoms with van der Waals surface area (Å²) in [6.45, 7) is 3.99. The van der Waals surface area contributed by atoms with E-state index < -0.39 is 0 Å². The van der Waals surface area contributed by atoms with Crippen LogP contribution in [-0.4, -0.2) is 30.4 Å². The van der Waals surface area contributed by atoms with Crippen LogP contribution < -0.4 is 5.56 Å². The van der Waals surface area contributed by atoms with Crippen molar-refractivity contribution < 1.29 is 0 Å². The highest BCUT2D eigenvalue weighted by atomic mass is 35.5. The average Bonchev–Trinajstić information content (AvgIpc) is 2.97. The lowest BCUT2D eigenvalue weighted by Crippen LogP contribution is -2.23. The molecule has 3 rings (SSSR count). The first-order valence-corrected chi connectivity index (χ1v) is 8.79. The van der Waals surface area contributed by atoms with Gasteiger partial charge in [-0.2, -0.15) is 9.50 Å². The van der Waals surface area contributed by atoms with Crippen LogP contribution in [0.5, 0.6) is 0 Å². The summed E-state index contributed by atoms with van der Waals surface area (Å²) >= 11 is 7.30. The lowest BCUT2D eigenvalue weighted by molar-refractivity contribution is 0.549. The molecule has 8 heteroatoms. The fourth-order valence-electron chi connectivity index (χ4n) is 2.68. The van der Waals surface area contributed by atoms with E-state index in [4.69, 9.17) is 11.6 Å². The maximum Gasteiger partial charge on any atom is 0.275 e. The number of thioether (sulfide) groups is 1. The monoisotopic (exact) mass is 349 g/mol. The van der Waals surface area contributed by atoms with Crippen LogP contribution in [-0.2, 0) is 0 Å². The summed E-state index contributed by atoms with van der Waals surface area (Å²) in [6, 6.07) is 5.30. The van der Waals surface area contributed by atoms with Gasteiger partial charge < -0.3 is 4.57 Å². The predicted molar refractivity (Wildman–Crippen MR) is 91.4 cm³/mol. The number of nitrogens with zero attached hydrogens (tertiary/aromatic N) is 5. The van der Waals surface area contributed by atoms with Crippen LogP contribution in [0.2, 0.25) is 5.15 Å². The zero-order chi connectivity index (χ0) is 16.6. The molecule has 120 valence electrons. The van der Waals surface area contributed by atoms with E-state index in [1.165, 1.54) is 16.3 Å². The summed E-state index contributed by atoms with van der Waals surface area (Å²) in [5.41, 5.74) is 1.68. The van der Waals surface area contributed by atoms with Gasteiger partial charge in [0.2, 0.25) is 10.9 Å². The first-order chi connectivity index (χ1) is 11.0. The Bertz CT molecular complexity index is 903. The second kappa shape index (κ2) is 6.33. The van der Waals surface area contributed by atoms with E-state index in [9.17, 15) is 4.79 Å². The summed E-state index contributed by atoms with van der Waals surface area (Å²) in [4.78, 5) is 20.8. The van der Waals surface area contributed by atoms with E-state index in [0.29, 0.717) is 16.1 Å². The molecule has 0 aliphatic heterocycles. The highest BCUT2D eigenvalue weighted by Gasteiger charge is 2.19. The summed E-state index contributed by atoms with van der Waals surface area (Å²) < 4.78 is 3.38. The van der Waals surface area contributed by atoms with Crippen molar-refractivity contribution in [3.8, 4) is 0 Å². The van der Waals surface area contributed by atoms with Crippen molar-refractivity contribution in [3.63, 3.8) is 0 Å². The van der Waals surface area contributed by atoms with Gasteiger partial charge in [0.25, 0.3) is 5.56 Å². The number of aromatic nitrogens is 5. The molecule has 0 aliphatic carbocycles. The van der Waals surface area contributed by atoms with Crippen LogP contribution in [0.1, 0.15) is 30.6 Å². The second-order valence-corrected chi connectivity index (χ2v) is 6.30. The van der Waals surface area contributed by atoms with E-state index in [0.717, 1.165) is 17.7 Å². The van der Waals surface area contributed by atoms with Crippen LogP contribution in [0, 0.1) is 6.92 Å². The minimum atomic E-state index is -0.175. The number of rotatable bonds is 4. The van der Waals surface area contributed by atoms with Gasteiger partial charge in [-0.1, -0.05) is 36.4 Å². The maximum atomic E-state index is 12.2. The highest BCUT2D eigenvalue weighted by molar-refractivity contribution is 7.98.